The molecule has 3 aromatic rings. The zero-order valence-electron chi connectivity index (χ0n) is 17.5. The summed E-state index contributed by atoms with van der Waals surface area (Å²) in [6.45, 7) is 0.901. The molecule has 31 heavy (non-hydrogen) atoms. The molecular formula is C22H23N3O6. The molecule has 0 fully saturated rings. The van der Waals surface area contributed by atoms with Gasteiger partial charge in [-0.05, 0) is 24.3 Å². The van der Waals surface area contributed by atoms with E-state index in [0.717, 1.165) is 5.75 Å². The molecule has 0 aliphatic carbocycles. The molecule has 9 heteroatoms. The first-order chi connectivity index (χ1) is 15.1. The van der Waals surface area contributed by atoms with Crippen LogP contribution in [0.15, 0.2) is 48.8 Å². The number of nitrogens with zero attached hydrogens (tertiary/aromatic N) is 2. The number of aromatic nitrogens is 2. The second kappa shape index (κ2) is 8.86. The summed E-state index contributed by atoms with van der Waals surface area (Å²) in [4.78, 5) is 12.7. The van der Waals surface area contributed by atoms with E-state index in [9.17, 15) is 4.79 Å². The number of hydrogen-bond acceptors (Lipinski definition) is 7. The number of ether oxygens (including phenoxy) is 5. The molecule has 1 N–H and O–H groups in total. The second-order valence-corrected chi connectivity index (χ2v) is 6.82. The van der Waals surface area contributed by atoms with Gasteiger partial charge in [-0.25, -0.2) is 0 Å². The Hall–Kier alpha value is -3.88. The van der Waals surface area contributed by atoms with Crippen molar-refractivity contribution in [1.29, 1.82) is 0 Å². The van der Waals surface area contributed by atoms with E-state index in [0.29, 0.717) is 47.4 Å². The molecule has 1 amide bonds. The van der Waals surface area contributed by atoms with Crippen LogP contribution in [0.25, 0.3) is 0 Å². The summed E-state index contributed by atoms with van der Waals surface area (Å²) in [5, 5.41) is 7.13. The largest absolute Gasteiger partial charge is 0.493 e. The molecule has 0 spiro atoms. The Labute approximate surface area is 179 Å². The molecule has 1 aromatic heterocycles. The topological polar surface area (TPSA) is 93.1 Å². The van der Waals surface area contributed by atoms with E-state index in [-0.39, 0.29) is 12.0 Å². The van der Waals surface area contributed by atoms with E-state index in [1.165, 1.54) is 21.3 Å². The average Bonchev–Trinajstić information content (AvgIpc) is 3.24. The fourth-order valence-corrected chi connectivity index (χ4v) is 3.31. The van der Waals surface area contributed by atoms with Gasteiger partial charge in [-0.15, -0.1) is 0 Å². The lowest BCUT2D eigenvalue weighted by Gasteiger charge is -2.26. The normalized spacial score (nSPS) is 14.6. The molecule has 4 rings (SSSR count). The third-order valence-corrected chi connectivity index (χ3v) is 4.78. The summed E-state index contributed by atoms with van der Waals surface area (Å²) in [6.07, 6.45) is 3.13. The van der Waals surface area contributed by atoms with Crippen LogP contribution in [0.3, 0.4) is 0 Å². The van der Waals surface area contributed by atoms with Gasteiger partial charge in [0.1, 0.15) is 6.61 Å². The smallest absolute Gasteiger partial charge is 0.256 e. The van der Waals surface area contributed by atoms with Crippen LogP contribution in [0.5, 0.6) is 28.7 Å². The van der Waals surface area contributed by atoms with Crippen molar-refractivity contribution in [2.45, 2.75) is 12.6 Å². The summed E-state index contributed by atoms with van der Waals surface area (Å²) < 4.78 is 29.3. The van der Waals surface area contributed by atoms with E-state index in [1.54, 1.807) is 29.2 Å². The maximum Gasteiger partial charge on any atom is 0.256 e. The highest BCUT2D eigenvalue weighted by molar-refractivity contribution is 6.05. The van der Waals surface area contributed by atoms with Crippen molar-refractivity contribution >= 4 is 11.6 Å². The Morgan fingerprint density at radius 2 is 1.84 bits per heavy atom. The molecule has 0 radical (unpaired) electrons. The van der Waals surface area contributed by atoms with Crippen molar-refractivity contribution in [3.63, 3.8) is 0 Å². The average molecular weight is 425 g/mol. The van der Waals surface area contributed by atoms with Crippen LogP contribution in [-0.2, 0) is 6.54 Å². The van der Waals surface area contributed by atoms with Crippen LogP contribution in [0.1, 0.15) is 10.4 Å². The number of carbonyl (C=O) groups is 1. The lowest BCUT2D eigenvalue weighted by atomic mass is 10.1. The van der Waals surface area contributed by atoms with Gasteiger partial charge in [0.15, 0.2) is 29.1 Å². The highest BCUT2D eigenvalue weighted by Gasteiger charge is 2.22. The molecule has 9 nitrogen and oxygen atoms in total. The highest BCUT2D eigenvalue weighted by Crippen LogP contribution is 2.38. The molecule has 1 aliphatic rings. The minimum atomic E-state index is -0.329. The van der Waals surface area contributed by atoms with Gasteiger partial charge in [0.25, 0.3) is 5.91 Å². The Kier molecular flexibility index (Phi) is 5.83. The Balaban J connectivity index is 1.43. The summed E-state index contributed by atoms with van der Waals surface area (Å²) in [5.74, 6) is 2.34. The number of amides is 1. The lowest BCUT2D eigenvalue weighted by molar-refractivity contribution is 0.0759. The van der Waals surface area contributed by atoms with Crippen molar-refractivity contribution in [1.82, 2.24) is 9.78 Å². The monoisotopic (exact) mass is 425 g/mol. The Morgan fingerprint density at radius 1 is 1.13 bits per heavy atom. The molecule has 1 aliphatic heterocycles. The van der Waals surface area contributed by atoms with Gasteiger partial charge >= 0.3 is 0 Å². The number of anilines is 1. The maximum absolute atomic E-state index is 12.7. The third kappa shape index (κ3) is 4.35. The standard InChI is InChI=1S/C22H23N3O6/c1-27-19-8-14(9-20(28-2)21(19)29-3)22(26)24-15-10-23-25(11-15)12-16-13-30-17-6-4-5-7-18(17)31-16/h4-11,16H,12-13H2,1-3H3,(H,24,26). The van der Waals surface area contributed by atoms with Gasteiger partial charge in [-0.3, -0.25) is 9.48 Å². The van der Waals surface area contributed by atoms with Crippen LogP contribution in [0, 0.1) is 0 Å². The minimum Gasteiger partial charge on any atom is -0.493 e. The number of benzene rings is 2. The number of rotatable bonds is 7. The molecule has 2 aromatic carbocycles. The Morgan fingerprint density at radius 3 is 2.52 bits per heavy atom. The molecule has 2 heterocycles. The minimum absolute atomic E-state index is 0.187. The summed E-state index contributed by atoms with van der Waals surface area (Å²) in [5.41, 5.74) is 0.916. The molecule has 1 atom stereocenters. The zero-order valence-corrected chi connectivity index (χ0v) is 17.5. The van der Waals surface area contributed by atoms with Gasteiger partial charge < -0.3 is 29.0 Å². The first kappa shape index (κ1) is 20.4. The zero-order chi connectivity index (χ0) is 21.8. The summed E-state index contributed by atoms with van der Waals surface area (Å²) >= 11 is 0. The van der Waals surface area contributed by atoms with E-state index in [2.05, 4.69) is 10.4 Å². The van der Waals surface area contributed by atoms with Crippen molar-refractivity contribution in [2.24, 2.45) is 0 Å². The predicted octanol–water partition coefficient (Wildman–Crippen LogP) is 3.00. The van der Waals surface area contributed by atoms with Crippen LogP contribution in [0.2, 0.25) is 0 Å². The predicted molar refractivity (Wildman–Crippen MR) is 113 cm³/mol. The second-order valence-electron chi connectivity index (χ2n) is 6.82. The third-order valence-electron chi connectivity index (χ3n) is 4.78. The van der Waals surface area contributed by atoms with E-state index >= 15 is 0 Å². The first-order valence-electron chi connectivity index (χ1n) is 9.63. The van der Waals surface area contributed by atoms with Crippen molar-refractivity contribution < 1.29 is 28.5 Å². The van der Waals surface area contributed by atoms with Crippen LogP contribution < -0.4 is 29.0 Å². The molecule has 0 bridgehead atoms. The molecule has 0 saturated carbocycles. The van der Waals surface area contributed by atoms with Crippen LogP contribution in [0.4, 0.5) is 5.69 Å². The number of nitrogens with one attached hydrogen (secondary N) is 1. The fourth-order valence-electron chi connectivity index (χ4n) is 3.31. The van der Waals surface area contributed by atoms with Gasteiger partial charge in [0.05, 0.1) is 39.8 Å². The van der Waals surface area contributed by atoms with E-state index < -0.39 is 0 Å². The number of fused-ring (bicyclic) bond motifs is 1. The van der Waals surface area contributed by atoms with Gasteiger partial charge in [0, 0.05) is 11.8 Å². The first-order valence-corrected chi connectivity index (χ1v) is 9.63. The van der Waals surface area contributed by atoms with E-state index in [4.69, 9.17) is 23.7 Å². The van der Waals surface area contributed by atoms with Crippen molar-refractivity contribution in [2.75, 3.05) is 33.3 Å². The maximum atomic E-state index is 12.7. The fraction of sp³-hybridized carbons (Fsp3) is 0.273. The van der Waals surface area contributed by atoms with Gasteiger partial charge in [-0.2, -0.15) is 5.10 Å². The van der Waals surface area contributed by atoms with Gasteiger partial charge in [-0.1, -0.05) is 12.1 Å². The lowest BCUT2D eigenvalue weighted by Crippen LogP contribution is -2.33. The number of carbonyl (C=O) groups excluding carboxylic acids is 1. The highest BCUT2D eigenvalue weighted by atomic mass is 16.6. The summed E-state index contributed by atoms with van der Waals surface area (Å²) in [7, 11) is 4.51. The van der Waals surface area contributed by atoms with E-state index in [1.807, 2.05) is 24.3 Å². The molecule has 162 valence electrons. The SMILES string of the molecule is COc1cc(C(=O)Nc2cnn(CC3COc4ccccc4O3)c2)cc(OC)c1OC. The number of para-hydroxylation sites is 2. The molecule has 1 unspecified atom stereocenters. The van der Waals surface area contributed by atoms with Crippen LogP contribution in [-0.4, -0.2) is 49.7 Å². The van der Waals surface area contributed by atoms with Crippen molar-refractivity contribution in [3.8, 4) is 28.7 Å². The number of methoxy groups -OCH3 is 3. The van der Waals surface area contributed by atoms with Gasteiger partial charge in [0.2, 0.25) is 5.75 Å². The quantitative estimate of drug-likeness (QED) is 0.622. The Bertz CT molecular complexity index is 1060. The van der Waals surface area contributed by atoms with Crippen LogP contribution >= 0.6 is 0 Å². The summed E-state index contributed by atoms with van der Waals surface area (Å²) in [6, 6.07) is 10.7. The number of hydrogen-bond donors (Lipinski definition) is 1. The molecular weight excluding hydrogens is 402 g/mol. The van der Waals surface area contributed by atoms with Crippen molar-refractivity contribution in [3.05, 3.63) is 54.4 Å². The molecule has 0 saturated heterocycles.